The molecule has 4 aromatic heterocycles. The molecule has 0 N–H and O–H groups in total. The zero-order valence-corrected chi connectivity index (χ0v) is 14.5. The quantitative estimate of drug-likeness (QED) is 0.279. The van der Waals surface area contributed by atoms with Crippen LogP contribution in [0.3, 0.4) is 0 Å². The smallest absolute Gasteiger partial charge is 0.0527 e. The second kappa shape index (κ2) is 4.09. The fourth-order valence-corrected chi connectivity index (χ4v) is 7.53. The third-order valence-corrected chi connectivity index (χ3v) is 8.26. The Morgan fingerprint density at radius 1 is 0.409 bits per heavy atom. The minimum atomic E-state index is 1.42. The summed E-state index contributed by atoms with van der Waals surface area (Å²) in [4.78, 5) is 5.81. The summed E-state index contributed by atoms with van der Waals surface area (Å²) in [6.45, 7) is 0. The van der Waals surface area contributed by atoms with Crippen LogP contribution >= 0.6 is 45.3 Å². The lowest BCUT2D eigenvalue weighted by Crippen LogP contribution is -1.85. The Kier molecular flexibility index (Phi) is 2.23. The van der Waals surface area contributed by atoms with Crippen molar-refractivity contribution in [1.82, 2.24) is 0 Å². The lowest BCUT2D eigenvalue weighted by Gasteiger charge is -2.06. The highest BCUT2D eigenvalue weighted by Gasteiger charge is 2.34. The van der Waals surface area contributed by atoms with Crippen molar-refractivity contribution >= 4 is 56.5 Å². The van der Waals surface area contributed by atoms with Gasteiger partial charge < -0.3 is 0 Å². The topological polar surface area (TPSA) is 0 Å². The maximum absolute atomic E-state index is 2.30. The summed E-state index contributed by atoms with van der Waals surface area (Å²) < 4.78 is 0. The molecule has 22 heavy (non-hydrogen) atoms. The molecule has 0 nitrogen and oxygen atoms in total. The highest BCUT2D eigenvalue weighted by atomic mass is 32.1. The van der Waals surface area contributed by atoms with Crippen LogP contribution in [0.4, 0.5) is 0 Å². The highest BCUT2D eigenvalue weighted by Crippen LogP contribution is 2.58. The largest absolute Gasteiger partial charge is 0.143 e. The van der Waals surface area contributed by atoms with E-state index in [9.17, 15) is 0 Å². The first-order valence-electron chi connectivity index (χ1n) is 7.00. The molecule has 0 radical (unpaired) electrons. The van der Waals surface area contributed by atoms with Crippen molar-refractivity contribution in [1.29, 1.82) is 0 Å². The molecule has 2 aliphatic carbocycles. The first-order valence-corrected chi connectivity index (χ1v) is 10.5. The van der Waals surface area contributed by atoms with Gasteiger partial charge in [0.05, 0.1) is 9.75 Å². The summed E-state index contributed by atoms with van der Waals surface area (Å²) in [6.07, 6.45) is 0. The summed E-state index contributed by atoms with van der Waals surface area (Å²) in [5.41, 5.74) is 8.63. The van der Waals surface area contributed by atoms with Gasteiger partial charge in [-0.2, -0.15) is 0 Å². The molecular weight excluding hydrogens is 344 g/mol. The molecule has 0 saturated carbocycles. The van der Waals surface area contributed by atoms with Gasteiger partial charge in [0.25, 0.3) is 0 Å². The number of hydrogen-bond acceptors (Lipinski definition) is 4. The summed E-state index contributed by atoms with van der Waals surface area (Å²) in [5.74, 6) is 0. The number of hydrogen-bond donors (Lipinski definition) is 0. The minimum absolute atomic E-state index is 1.42. The van der Waals surface area contributed by atoms with Crippen LogP contribution in [0.15, 0.2) is 45.8 Å². The average molecular weight is 353 g/mol. The lowest BCUT2D eigenvalue weighted by molar-refractivity contribution is 1.76. The van der Waals surface area contributed by atoms with Gasteiger partial charge in [-0.25, -0.2) is 0 Å². The summed E-state index contributed by atoms with van der Waals surface area (Å²) in [6, 6.07) is 9.15. The Balaban J connectivity index is 1.83. The van der Waals surface area contributed by atoms with E-state index in [1.165, 1.54) is 52.9 Å². The Hall–Kier alpha value is -1.46. The highest BCUT2D eigenvalue weighted by molar-refractivity contribution is 7.21. The van der Waals surface area contributed by atoms with E-state index in [4.69, 9.17) is 0 Å². The molecule has 0 amide bonds. The van der Waals surface area contributed by atoms with Gasteiger partial charge in [-0.15, -0.1) is 45.3 Å². The average Bonchev–Trinajstić information content (AvgIpc) is 3.31. The van der Waals surface area contributed by atoms with Crippen LogP contribution in [0.1, 0.15) is 20.9 Å². The van der Waals surface area contributed by atoms with Crippen molar-refractivity contribution in [2.24, 2.45) is 0 Å². The molecule has 6 rings (SSSR count). The number of fused-ring (bicyclic) bond motifs is 6. The molecule has 0 saturated heterocycles. The SMILES string of the molecule is c1cc2c(s1)C(=C1c3ccsc3-c3sccc31)c1sccc1-2. The van der Waals surface area contributed by atoms with Gasteiger partial charge in [0, 0.05) is 43.2 Å². The van der Waals surface area contributed by atoms with E-state index in [-0.39, 0.29) is 0 Å². The van der Waals surface area contributed by atoms with Crippen LogP contribution in [-0.2, 0) is 0 Å². The molecule has 0 aromatic carbocycles. The summed E-state index contributed by atoms with van der Waals surface area (Å²) in [5, 5.41) is 8.91. The molecule has 0 unspecified atom stereocenters. The molecule has 0 spiro atoms. The van der Waals surface area contributed by atoms with E-state index < -0.39 is 0 Å². The molecule has 4 heteroatoms. The molecule has 0 fully saturated rings. The molecule has 4 aromatic rings. The van der Waals surface area contributed by atoms with Gasteiger partial charge in [-0.3, -0.25) is 0 Å². The fourth-order valence-electron chi connectivity index (χ4n) is 3.54. The number of thiophene rings is 4. The van der Waals surface area contributed by atoms with Gasteiger partial charge in [0.15, 0.2) is 0 Å². The van der Waals surface area contributed by atoms with Gasteiger partial charge in [0.2, 0.25) is 0 Å². The van der Waals surface area contributed by atoms with Gasteiger partial charge in [-0.1, -0.05) is 0 Å². The van der Waals surface area contributed by atoms with Crippen LogP contribution < -0.4 is 0 Å². The molecule has 4 heterocycles. The normalized spacial score (nSPS) is 14.2. The second-order valence-corrected chi connectivity index (χ2v) is 9.07. The van der Waals surface area contributed by atoms with E-state index in [1.54, 1.807) is 0 Å². The monoisotopic (exact) mass is 352 g/mol. The van der Waals surface area contributed by atoms with Crippen molar-refractivity contribution in [2.75, 3.05) is 0 Å². The third kappa shape index (κ3) is 1.29. The summed E-state index contributed by atoms with van der Waals surface area (Å²) >= 11 is 7.50. The van der Waals surface area contributed by atoms with Crippen LogP contribution in [0, 0.1) is 0 Å². The van der Waals surface area contributed by atoms with Crippen molar-refractivity contribution < 1.29 is 0 Å². The van der Waals surface area contributed by atoms with Crippen molar-refractivity contribution in [3.05, 3.63) is 66.7 Å². The molecule has 104 valence electrons. The van der Waals surface area contributed by atoms with Crippen LogP contribution in [0.5, 0.6) is 0 Å². The molecule has 2 aliphatic rings. The molecule has 0 aliphatic heterocycles. The standard InChI is InChI=1S/C18H8S4/c1-5-19-15-9(1)10-2-6-20-16(10)14(15)13-11-3-7-21-17(11)18-12(13)4-8-22-18/h1-8H. The fraction of sp³-hybridized carbons (Fsp3) is 0. The lowest BCUT2D eigenvalue weighted by atomic mass is 10.00. The minimum Gasteiger partial charge on any atom is -0.143 e. The van der Waals surface area contributed by atoms with Crippen molar-refractivity contribution in [2.45, 2.75) is 0 Å². The third-order valence-electron chi connectivity index (χ3n) is 4.40. The maximum Gasteiger partial charge on any atom is 0.0527 e. The zero-order valence-electron chi connectivity index (χ0n) is 11.3. The Labute approximate surface area is 143 Å². The van der Waals surface area contributed by atoms with Gasteiger partial charge in [0.1, 0.15) is 0 Å². The van der Waals surface area contributed by atoms with Crippen LogP contribution in [0.2, 0.25) is 0 Å². The van der Waals surface area contributed by atoms with E-state index in [0.29, 0.717) is 0 Å². The van der Waals surface area contributed by atoms with Gasteiger partial charge >= 0.3 is 0 Å². The molecular formula is C18H8S4. The van der Waals surface area contributed by atoms with E-state index in [0.717, 1.165) is 0 Å². The first kappa shape index (κ1) is 12.0. The van der Waals surface area contributed by atoms with E-state index in [2.05, 4.69) is 45.8 Å². The van der Waals surface area contributed by atoms with E-state index >= 15 is 0 Å². The van der Waals surface area contributed by atoms with Gasteiger partial charge in [-0.05, 0) is 45.8 Å². The predicted molar refractivity (Wildman–Crippen MR) is 100 cm³/mol. The maximum atomic E-state index is 2.30. The Bertz CT molecular complexity index is 909. The summed E-state index contributed by atoms with van der Waals surface area (Å²) in [7, 11) is 0. The Morgan fingerprint density at radius 2 is 0.818 bits per heavy atom. The Morgan fingerprint density at radius 3 is 1.32 bits per heavy atom. The van der Waals surface area contributed by atoms with E-state index in [1.807, 2.05) is 45.3 Å². The zero-order chi connectivity index (χ0) is 14.3. The van der Waals surface area contributed by atoms with Crippen LogP contribution in [-0.4, -0.2) is 0 Å². The molecule has 0 bridgehead atoms. The molecule has 0 atom stereocenters. The van der Waals surface area contributed by atoms with Crippen molar-refractivity contribution in [3.8, 4) is 20.9 Å². The predicted octanol–water partition coefficient (Wildman–Crippen LogP) is 6.90. The number of rotatable bonds is 0. The van der Waals surface area contributed by atoms with Crippen molar-refractivity contribution in [3.63, 3.8) is 0 Å². The van der Waals surface area contributed by atoms with Crippen LogP contribution in [0.25, 0.3) is 32.0 Å². The first-order chi connectivity index (χ1) is 10.9. The second-order valence-electron chi connectivity index (χ2n) is 5.40.